The largest absolute Gasteiger partial charge is 3.00 e. The van der Waals surface area contributed by atoms with Crippen molar-refractivity contribution in [1.29, 1.82) is 0 Å². The molecule has 3 heterocycles. The van der Waals surface area contributed by atoms with Gasteiger partial charge in [0.2, 0.25) is 0 Å². The average Bonchev–Trinajstić information content (AvgIpc) is 3.21. The zero-order chi connectivity index (χ0) is 34.4. The second-order valence-corrected chi connectivity index (χ2v) is 12.9. The minimum Gasteiger partial charge on any atom is -0.305 e. The molecule has 0 spiro atoms. The number of para-hydroxylation sites is 1. The number of fused-ring (bicyclic) bond motifs is 1. The molecule has 8 aromatic rings. The van der Waals surface area contributed by atoms with Crippen molar-refractivity contribution in [3.05, 3.63) is 198 Å². The molecule has 252 valence electrons. The molecule has 10 rings (SSSR count). The molecule has 4 heteroatoms. The topological polar surface area (TPSA) is 38.7 Å². The third-order valence-corrected chi connectivity index (χ3v) is 9.44. The van der Waals surface area contributed by atoms with Crippen LogP contribution in [0.4, 0.5) is 0 Å². The van der Waals surface area contributed by atoms with E-state index in [1.165, 1.54) is 44.3 Å². The van der Waals surface area contributed by atoms with Gasteiger partial charge in [0.1, 0.15) is 0 Å². The van der Waals surface area contributed by atoms with Crippen molar-refractivity contribution in [2.24, 2.45) is 0 Å². The van der Waals surface area contributed by atoms with Gasteiger partial charge in [0.15, 0.2) is 0 Å². The zero-order valence-corrected chi connectivity index (χ0v) is 31.3. The van der Waals surface area contributed by atoms with Crippen LogP contribution in [0.1, 0.15) is 27.8 Å². The number of pyridine rings is 3. The van der Waals surface area contributed by atoms with E-state index in [4.69, 9.17) is 4.98 Å². The molecule has 3 nitrogen and oxygen atoms in total. The number of benzene rings is 5. The second kappa shape index (κ2) is 16.2. The van der Waals surface area contributed by atoms with E-state index in [0.29, 0.717) is 0 Å². The number of hydrogen-bond acceptors (Lipinski definition) is 3. The molecule has 0 saturated heterocycles. The summed E-state index contributed by atoms with van der Waals surface area (Å²) in [7, 11) is 0. The molecule has 0 fully saturated rings. The van der Waals surface area contributed by atoms with Crippen LogP contribution >= 0.6 is 0 Å². The van der Waals surface area contributed by atoms with Crippen LogP contribution in [0.2, 0.25) is 0 Å². The van der Waals surface area contributed by atoms with Crippen LogP contribution < -0.4 is 0 Å². The average molecular weight is 847 g/mol. The second-order valence-electron chi connectivity index (χ2n) is 12.9. The molecular formula is C48H36IrN3. The summed E-state index contributed by atoms with van der Waals surface area (Å²) >= 11 is 0. The number of rotatable bonds is 3. The first kappa shape index (κ1) is 34.9. The van der Waals surface area contributed by atoms with Crippen LogP contribution in [-0.2, 0) is 45.8 Å². The molecule has 0 unspecified atom stereocenters. The summed E-state index contributed by atoms with van der Waals surface area (Å²) in [6.45, 7) is 2.03. The summed E-state index contributed by atoms with van der Waals surface area (Å²) in [5.74, 6) is 0. The van der Waals surface area contributed by atoms with Crippen LogP contribution in [0.15, 0.2) is 152 Å². The van der Waals surface area contributed by atoms with Crippen LogP contribution in [0.3, 0.4) is 0 Å². The first-order valence-corrected chi connectivity index (χ1v) is 17.5. The Hall–Kier alpha value is -5.54. The molecule has 0 amide bonds. The minimum absolute atomic E-state index is 0. The first-order valence-electron chi connectivity index (χ1n) is 17.5. The zero-order valence-electron chi connectivity index (χ0n) is 28.9. The van der Waals surface area contributed by atoms with E-state index >= 15 is 0 Å². The van der Waals surface area contributed by atoms with Crippen LogP contribution in [0.5, 0.6) is 0 Å². The fourth-order valence-corrected chi connectivity index (χ4v) is 6.93. The van der Waals surface area contributed by atoms with Crippen LogP contribution in [-0.4, -0.2) is 15.0 Å². The van der Waals surface area contributed by atoms with Gasteiger partial charge in [-0.25, -0.2) is 0 Å². The maximum Gasteiger partial charge on any atom is 3.00 e. The molecule has 0 atom stereocenters. The Balaban J connectivity index is 0.000000136. The number of aromatic nitrogens is 3. The molecular weight excluding hydrogens is 811 g/mol. The van der Waals surface area contributed by atoms with E-state index in [1.54, 1.807) is 6.20 Å². The molecule has 2 aliphatic carbocycles. The summed E-state index contributed by atoms with van der Waals surface area (Å²) in [5, 5.41) is 1.19. The molecule has 0 radical (unpaired) electrons. The fraction of sp³-hybridized carbons (Fsp3) is 0.104. The number of aryl methyl sites for hydroxylation is 5. The minimum atomic E-state index is 0. The van der Waals surface area contributed by atoms with E-state index in [9.17, 15) is 0 Å². The molecule has 5 aromatic carbocycles. The predicted molar refractivity (Wildman–Crippen MR) is 208 cm³/mol. The number of hydrogen-bond donors (Lipinski definition) is 0. The van der Waals surface area contributed by atoms with E-state index in [1.807, 2.05) is 85.9 Å². The van der Waals surface area contributed by atoms with Crippen molar-refractivity contribution in [2.45, 2.75) is 32.6 Å². The van der Waals surface area contributed by atoms with Crippen molar-refractivity contribution in [3.63, 3.8) is 0 Å². The van der Waals surface area contributed by atoms with E-state index in [-0.39, 0.29) is 20.1 Å². The Bertz CT molecular complexity index is 2320. The Morgan fingerprint density at radius 3 is 1.88 bits per heavy atom. The SMILES string of the molecule is Cc1ccc(-c2[c-]cccc2)nc1.[Ir+3].[c-]1c(-c2ccc3ccccc3n2)cc2c3c1CCc1cccc(c1-3)CC2.[c-]1ccccc1-c1ccccn1. The summed E-state index contributed by atoms with van der Waals surface area (Å²) < 4.78 is 0. The number of nitrogens with zero attached hydrogens (tertiary/aromatic N) is 3. The van der Waals surface area contributed by atoms with Crippen molar-refractivity contribution >= 4 is 10.9 Å². The maximum absolute atomic E-state index is 4.90. The van der Waals surface area contributed by atoms with Gasteiger partial charge in [0.05, 0.1) is 5.52 Å². The quantitative estimate of drug-likeness (QED) is 0.166. The Morgan fingerprint density at radius 2 is 1.19 bits per heavy atom. The molecule has 0 aliphatic heterocycles. The Labute approximate surface area is 319 Å². The van der Waals surface area contributed by atoms with Gasteiger partial charge in [0, 0.05) is 12.4 Å². The van der Waals surface area contributed by atoms with Gasteiger partial charge < -0.3 is 9.97 Å². The smallest absolute Gasteiger partial charge is 0.305 e. The maximum atomic E-state index is 4.90. The fourth-order valence-electron chi connectivity index (χ4n) is 6.93. The molecule has 0 bridgehead atoms. The van der Waals surface area contributed by atoms with Gasteiger partial charge in [-0.3, -0.25) is 4.98 Å². The third-order valence-electron chi connectivity index (χ3n) is 9.44. The monoisotopic (exact) mass is 847 g/mol. The normalized spacial score (nSPS) is 11.9. The van der Waals surface area contributed by atoms with E-state index < -0.39 is 0 Å². The van der Waals surface area contributed by atoms with Gasteiger partial charge >= 0.3 is 20.1 Å². The van der Waals surface area contributed by atoms with Crippen molar-refractivity contribution in [1.82, 2.24) is 15.0 Å². The molecule has 2 aliphatic rings. The summed E-state index contributed by atoms with van der Waals surface area (Å²) in [4.78, 5) is 13.4. The predicted octanol–water partition coefficient (Wildman–Crippen LogP) is 11.0. The van der Waals surface area contributed by atoms with Gasteiger partial charge in [-0.1, -0.05) is 83.9 Å². The van der Waals surface area contributed by atoms with Crippen LogP contribution in [0, 0.1) is 25.1 Å². The Kier molecular flexibility index (Phi) is 10.9. The summed E-state index contributed by atoms with van der Waals surface area (Å²) in [5.41, 5.74) is 17.3. The molecule has 3 aromatic heterocycles. The van der Waals surface area contributed by atoms with Gasteiger partial charge in [-0.05, 0) is 83.9 Å². The standard InChI is InChI=1S/C25H18N.C12H10N.C11H8N.Ir/c1-2-7-22-16(4-1)12-13-23(26-22)21-14-19-10-8-17-5-3-6-18-9-11-20(15-21)25(19)24(17)18;1-10-7-8-12(13-9-10)11-5-3-2-4-6-11;1-2-6-10(7-3-1)11-8-4-5-9-12-11;/h1-7,12-14H,8-11H2;2-5,7-9H,1H3;1-6,8-9H;/q3*-1;+3. The first-order chi connectivity index (χ1) is 25.2. The van der Waals surface area contributed by atoms with Crippen molar-refractivity contribution in [2.75, 3.05) is 0 Å². The van der Waals surface area contributed by atoms with E-state index in [2.05, 4.69) is 94.9 Å². The van der Waals surface area contributed by atoms with Crippen molar-refractivity contribution < 1.29 is 20.1 Å². The van der Waals surface area contributed by atoms with Crippen molar-refractivity contribution in [3.8, 4) is 44.9 Å². The summed E-state index contributed by atoms with van der Waals surface area (Å²) in [6.07, 6.45) is 8.13. The van der Waals surface area contributed by atoms with Gasteiger partial charge in [0.25, 0.3) is 0 Å². The van der Waals surface area contributed by atoms with E-state index in [0.717, 1.165) is 65.0 Å². The molecule has 52 heavy (non-hydrogen) atoms. The van der Waals surface area contributed by atoms with Gasteiger partial charge in [-0.15, -0.1) is 101 Å². The Morgan fingerprint density at radius 1 is 0.519 bits per heavy atom. The van der Waals surface area contributed by atoms with Gasteiger partial charge in [-0.2, -0.15) is 0 Å². The van der Waals surface area contributed by atoms with Crippen LogP contribution in [0.25, 0.3) is 55.8 Å². The third kappa shape index (κ3) is 7.70. The molecule has 0 saturated carbocycles. The molecule has 0 N–H and O–H groups in total. The summed E-state index contributed by atoms with van der Waals surface area (Å²) in [6, 6.07) is 57.4.